The number of benzene rings is 3. The summed E-state index contributed by atoms with van der Waals surface area (Å²) in [6, 6.07) is 24.3. The zero-order valence-corrected chi connectivity index (χ0v) is 28.0. The summed E-state index contributed by atoms with van der Waals surface area (Å²) in [6.45, 7) is 8.07. The minimum Gasteiger partial charge on any atom is -0.497 e. The Morgan fingerprint density at radius 2 is 1.72 bits per heavy atom. The van der Waals surface area contributed by atoms with Gasteiger partial charge in [-0.25, -0.2) is 0 Å². The summed E-state index contributed by atoms with van der Waals surface area (Å²) in [6.07, 6.45) is 7.05. The number of hydrogen-bond acceptors (Lipinski definition) is 7. The van der Waals surface area contributed by atoms with Gasteiger partial charge in [0.05, 0.1) is 50.4 Å². The van der Waals surface area contributed by atoms with Gasteiger partial charge in [-0.2, -0.15) is 9.78 Å². The molecule has 1 fully saturated rings. The Balaban J connectivity index is 1.18. The van der Waals surface area contributed by atoms with Crippen LogP contribution in [-0.2, 0) is 24.1 Å². The lowest BCUT2D eigenvalue weighted by molar-refractivity contribution is 0.0250. The van der Waals surface area contributed by atoms with E-state index in [0.29, 0.717) is 23.3 Å². The first-order valence-electron chi connectivity index (χ1n) is 16.1. The van der Waals surface area contributed by atoms with Crippen molar-refractivity contribution in [2.24, 2.45) is 5.92 Å². The molecule has 0 saturated carbocycles. The molecule has 240 valence electrons. The molecule has 0 spiro atoms. The highest BCUT2D eigenvalue weighted by Crippen LogP contribution is 2.46. The van der Waals surface area contributed by atoms with Gasteiger partial charge in [0.2, 0.25) is 0 Å². The lowest BCUT2D eigenvalue weighted by Crippen LogP contribution is -2.50. The van der Waals surface area contributed by atoms with E-state index in [9.17, 15) is 9.90 Å². The van der Waals surface area contributed by atoms with Crippen LogP contribution in [0.4, 0.5) is 0 Å². The number of aryl methyl sites for hydroxylation is 2. The van der Waals surface area contributed by atoms with Crippen LogP contribution in [0.5, 0.6) is 5.75 Å². The summed E-state index contributed by atoms with van der Waals surface area (Å²) in [4.78, 5) is 13.1. The van der Waals surface area contributed by atoms with Crippen LogP contribution in [0.2, 0.25) is 18.6 Å². The fraction of sp³-hybridized carbons (Fsp3) is 0.389. The van der Waals surface area contributed by atoms with Crippen molar-refractivity contribution in [1.82, 2.24) is 24.8 Å². The minimum atomic E-state index is -1.97. The first kappa shape index (κ1) is 31.8. The van der Waals surface area contributed by atoms with Gasteiger partial charge in [0.15, 0.2) is 0 Å². The first-order valence-corrected chi connectivity index (χ1v) is 19.2. The SMILES string of the molecule is COc1ccc([Si](C)(C)[C@@H]2[C@@H](C)[C@@H](CCc3ccc(-n4ncc5ccccc5c4=O)cc3)O[C@H]2CCn2cc(CCO)nn2)cc1. The van der Waals surface area contributed by atoms with Gasteiger partial charge in [-0.15, -0.1) is 5.10 Å². The standard InChI is InChI=1S/C36H43N5O4Si/c1-25-33(18-11-26-9-12-29(13-10-26)41-36(43)32-8-6-5-7-27(32)23-37-41)45-34(19-21-40-24-28(20-22-42)38-39-40)35(25)46(3,4)31-16-14-30(44-2)15-17-31/h5-10,12-17,23-25,33-35,42H,11,18-22H2,1-4H3/t25-,33+,34-,35+/m0/s1. The molecule has 5 aromatic rings. The van der Waals surface area contributed by atoms with Crippen molar-refractivity contribution in [2.75, 3.05) is 13.7 Å². The highest BCUT2D eigenvalue weighted by atomic mass is 28.3. The first-order chi connectivity index (χ1) is 22.3. The Labute approximate surface area is 270 Å². The van der Waals surface area contributed by atoms with Crippen LogP contribution in [0, 0.1) is 5.92 Å². The molecule has 1 aliphatic rings. The van der Waals surface area contributed by atoms with Crippen LogP contribution in [0.3, 0.4) is 0 Å². The van der Waals surface area contributed by atoms with E-state index in [-0.39, 0.29) is 24.4 Å². The van der Waals surface area contributed by atoms with E-state index in [1.54, 1.807) is 13.3 Å². The van der Waals surface area contributed by atoms with E-state index in [4.69, 9.17) is 9.47 Å². The second-order valence-electron chi connectivity index (χ2n) is 12.9. The van der Waals surface area contributed by atoms with Crippen molar-refractivity contribution in [3.05, 3.63) is 107 Å². The fourth-order valence-corrected chi connectivity index (χ4v) is 11.4. The summed E-state index contributed by atoms with van der Waals surface area (Å²) < 4.78 is 15.7. The van der Waals surface area contributed by atoms with Gasteiger partial charge in [0.1, 0.15) is 5.75 Å². The molecule has 4 atom stereocenters. The smallest absolute Gasteiger partial charge is 0.279 e. The zero-order valence-electron chi connectivity index (χ0n) is 27.0. The van der Waals surface area contributed by atoms with Crippen LogP contribution < -0.4 is 15.5 Å². The molecule has 3 heterocycles. The maximum Gasteiger partial charge on any atom is 0.279 e. The van der Waals surface area contributed by atoms with Crippen LogP contribution in [0.25, 0.3) is 16.5 Å². The Morgan fingerprint density at radius 3 is 2.46 bits per heavy atom. The second kappa shape index (κ2) is 13.7. The molecule has 6 rings (SSSR count). The third kappa shape index (κ3) is 6.56. The third-order valence-corrected chi connectivity index (χ3v) is 14.1. The van der Waals surface area contributed by atoms with Gasteiger partial charge >= 0.3 is 0 Å². The topological polar surface area (TPSA) is 104 Å². The predicted molar refractivity (Wildman–Crippen MR) is 183 cm³/mol. The normalized spacial score (nSPS) is 19.9. The Bertz CT molecular complexity index is 1820. The predicted octanol–water partition coefficient (Wildman–Crippen LogP) is 4.93. The molecule has 1 N–H and O–H groups in total. The average molecular weight is 638 g/mol. The van der Waals surface area contributed by atoms with Crippen LogP contribution in [0.1, 0.15) is 31.0 Å². The molecular weight excluding hydrogens is 595 g/mol. The molecule has 1 aliphatic heterocycles. The maximum absolute atomic E-state index is 13.1. The molecule has 1 saturated heterocycles. The quantitative estimate of drug-likeness (QED) is 0.194. The average Bonchev–Trinajstić information content (AvgIpc) is 3.67. The van der Waals surface area contributed by atoms with E-state index in [2.05, 4.69) is 71.8 Å². The molecule has 0 unspecified atom stereocenters. The van der Waals surface area contributed by atoms with Crippen molar-refractivity contribution >= 4 is 24.0 Å². The largest absolute Gasteiger partial charge is 0.497 e. The van der Waals surface area contributed by atoms with Gasteiger partial charge in [-0.1, -0.05) is 72.9 Å². The molecule has 0 aliphatic carbocycles. The van der Waals surface area contributed by atoms with Crippen LogP contribution in [0.15, 0.2) is 90.0 Å². The highest BCUT2D eigenvalue weighted by molar-refractivity contribution is 6.91. The van der Waals surface area contributed by atoms with Crippen LogP contribution >= 0.6 is 0 Å². The molecule has 0 bridgehead atoms. The molecule has 46 heavy (non-hydrogen) atoms. The van der Waals surface area contributed by atoms with E-state index < -0.39 is 8.07 Å². The lowest BCUT2D eigenvalue weighted by atomic mass is 9.95. The molecule has 2 aromatic heterocycles. The molecule has 0 amide bonds. The monoisotopic (exact) mass is 637 g/mol. The van der Waals surface area contributed by atoms with Gasteiger partial charge in [0.25, 0.3) is 5.56 Å². The van der Waals surface area contributed by atoms with Crippen molar-refractivity contribution in [3.8, 4) is 11.4 Å². The molecule has 10 heteroatoms. The number of aliphatic hydroxyl groups excluding tert-OH is 1. The highest BCUT2D eigenvalue weighted by Gasteiger charge is 2.50. The summed E-state index contributed by atoms with van der Waals surface area (Å²) in [7, 11) is -0.269. The maximum atomic E-state index is 13.1. The summed E-state index contributed by atoms with van der Waals surface area (Å²) in [5.74, 6) is 1.25. The summed E-state index contributed by atoms with van der Waals surface area (Å²) >= 11 is 0. The third-order valence-electron chi connectivity index (χ3n) is 9.76. The fourth-order valence-electron chi connectivity index (χ4n) is 7.24. The number of nitrogens with zero attached hydrogens (tertiary/aromatic N) is 5. The van der Waals surface area contributed by atoms with E-state index in [1.807, 2.05) is 47.3 Å². The number of methoxy groups -OCH3 is 1. The van der Waals surface area contributed by atoms with Gasteiger partial charge in [-0.05, 0) is 66.6 Å². The van der Waals surface area contributed by atoms with Crippen molar-refractivity contribution < 1.29 is 14.6 Å². The number of ether oxygens (including phenoxy) is 2. The summed E-state index contributed by atoms with van der Waals surface area (Å²) in [5.41, 5.74) is 3.07. The van der Waals surface area contributed by atoms with E-state index >= 15 is 0 Å². The number of aliphatic hydroxyl groups is 1. The number of aromatic nitrogens is 5. The Morgan fingerprint density at radius 1 is 0.957 bits per heavy atom. The van der Waals surface area contributed by atoms with Crippen molar-refractivity contribution in [2.45, 2.75) is 70.0 Å². The molecule has 0 radical (unpaired) electrons. The minimum absolute atomic E-state index is 0.0644. The van der Waals surface area contributed by atoms with Gasteiger partial charge in [0, 0.05) is 31.2 Å². The Kier molecular flexibility index (Phi) is 9.48. The lowest BCUT2D eigenvalue weighted by Gasteiger charge is -2.36. The molecule has 3 aromatic carbocycles. The van der Waals surface area contributed by atoms with E-state index in [0.717, 1.165) is 48.3 Å². The van der Waals surface area contributed by atoms with Gasteiger partial charge in [-0.3, -0.25) is 9.48 Å². The van der Waals surface area contributed by atoms with Crippen molar-refractivity contribution in [3.63, 3.8) is 0 Å². The van der Waals surface area contributed by atoms with E-state index in [1.165, 1.54) is 15.4 Å². The number of hydrogen-bond donors (Lipinski definition) is 1. The van der Waals surface area contributed by atoms with Crippen molar-refractivity contribution in [1.29, 1.82) is 0 Å². The number of rotatable bonds is 12. The van der Waals surface area contributed by atoms with Gasteiger partial charge < -0.3 is 14.6 Å². The molecular formula is C36H43N5O4Si. The molecule has 9 nitrogen and oxygen atoms in total. The summed E-state index contributed by atoms with van der Waals surface area (Å²) in [5, 5.41) is 25.1. The van der Waals surface area contributed by atoms with Crippen LogP contribution in [-0.4, -0.2) is 63.9 Å². The number of fused-ring (bicyclic) bond motifs is 1. The Hall–Kier alpha value is -4.12. The second-order valence-corrected chi connectivity index (χ2v) is 17.6. The zero-order chi connectivity index (χ0) is 32.3.